The summed E-state index contributed by atoms with van der Waals surface area (Å²) in [6, 6.07) is 13.2. The Balaban J connectivity index is 1.89. The minimum Gasteiger partial charge on any atom is -0.373 e. The van der Waals surface area contributed by atoms with E-state index in [-0.39, 0.29) is 40.8 Å². The fourth-order valence-electron chi connectivity index (χ4n) is 3.03. The Labute approximate surface area is 164 Å². The maximum atomic E-state index is 13.1. The summed E-state index contributed by atoms with van der Waals surface area (Å²) in [7, 11) is -3.85. The third-order valence-corrected chi connectivity index (χ3v) is 6.54. The average molecular weight is 409 g/mol. The van der Waals surface area contributed by atoms with E-state index >= 15 is 0 Å². The number of morpholine rings is 1. The lowest BCUT2D eigenvalue weighted by atomic mass is 10.2. The van der Waals surface area contributed by atoms with E-state index in [9.17, 15) is 13.2 Å². The molecule has 1 aliphatic heterocycles. The first kappa shape index (κ1) is 19.8. The van der Waals surface area contributed by atoms with Crippen LogP contribution in [0.2, 0.25) is 5.02 Å². The molecule has 144 valence electrons. The summed E-state index contributed by atoms with van der Waals surface area (Å²) in [6.07, 6.45) is -0.432. The van der Waals surface area contributed by atoms with Crippen molar-refractivity contribution in [1.29, 1.82) is 0 Å². The van der Waals surface area contributed by atoms with Gasteiger partial charge in [-0.2, -0.15) is 4.31 Å². The van der Waals surface area contributed by atoms with Gasteiger partial charge in [0.05, 0.1) is 17.2 Å². The van der Waals surface area contributed by atoms with Gasteiger partial charge < -0.3 is 10.1 Å². The molecule has 27 heavy (non-hydrogen) atoms. The second-order valence-electron chi connectivity index (χ2n) is 6.54. The van der Waals surface area contributed by atoms with E-state index in [0.717, 1.165) is 0 Å². The molecule has 2 aromatic rings. The van der Waals surface area contributed by atoms with Crippen LogP contribution in [-0.4, -0.2) is 43.9 Å². The van der Waals surface area contributed by atoms with Gasteiger partial charge in [-0.1, -0.05) is 29.8 Å². The zero-order valence-corrected chi connectivity index (χ0v) is 16.6. The van der Waals surface area contributed by atoms with Crippen molar-refractivity contribution >= 4 is 33.2 Å². The number of sulfonamides is 1. The SMILES string of the molecule is CC1CN(S(=O)(=O)c2cc(C(=O)Nc3ccccc3)ccc2Cl)CC(C)O1. The van der Waals surface area contributed by atoms with Gasteiger partial charge in [-0.15, -0.1) is 0 Å². The Kier molecular flexibility index (Phi) is 5.86. The van der Waals surface area contributed by atoms with Crippen molar-refractivity contribution in [2.24, 2.45) is 0 Å². The number of para-hydroxylation sites is 1. The van der Waals surface area contributed by atoms with Gasteiger partial charge in [0.25, 0.3) is 5.91 Å². The van der Waals surface area contributed by atoms with Gasteiger partial charge in [-0.3, -0.25) is 4.79 Å². The number of nitrogens with one attached hydrogen (secondary N) is 1. The third-order valence-electron chi connectivity index (χ3n) is 4.23. The highest BCUT2D eigenvalue weighted by molar-refractivity contribution is 7.89. The summed E-state index contributed by atoms with van der Waals surface area (Å²) in [5, 5.41) is 2.82. The zero-order valence-electron chi connectivity index (χ0n) is 15.1. The third kappa shape index (κ3) is 4.50. The normalized spacial score (nSPS) is 21.0. The molecule has 0 saturated carbocycles. The van der Waals surface area contributed by atoms with Crippen molar-refractivity contribution in [2.45, 2.75) is 31.0 Å². The molecule has 0 spiro atoms. The van der Waals surface area contributed by atoms with Crippen LogP contribution in [0, 0.1) is 0 Å². The molecule has 6 nitrogen and oxygen atoms in total. The van der Waals surface area contributed by atoms with Crippen molar-refractivity contribution in [3.8, 4) is 0 Å². The number of hydrogen-bond acceptors (Lipinski definition) is 4. The van der Waals surface area contributed by atoms with E-state index in [1.807, 2.05) is 19.9 Å². The zero-order chi connectivity index (χ0) is 19.6. The molecule has 1 saturated heterocycles. The molecule has 0 bridgehead atoms. The second kappa shape index (κ2) is 7.98. The Bertz CT molecular complexity index is 924. The molecule has 2 atom stereocenters. The molecule has 0 aliphatic carbocycles. The van der Waals surface area contributed by atoms with Crippen LogP contribution in [0.3, 0.4) is 0 Å². The van der Waals surface area contributed by atoms with Crippen LogP contribution in [-0.2, 0) is 14.8 Å². The molecule has 1 N–H and O–H groups in total. The molecule has 1 aliphatic rings. The summed E-state index contributed by atoms with van der Waals surface area (Å²) in [4.78, 5) is 12.4. The van der Waals surface area contributed by atoms with Gasteiger partial charge in [0, 0.05) is 24.3 Å². The molecule has 8 heteroatoms. The molecule has 2 aromatic carbocycles. The Morgan fingerprint density at radius 2 is 1.74 bits per heavy atom. The summed E-state index contributed by atoms with van der Waals surface area (Å²) in [6.45, 7) is 4.12. The van der Waals surface area contributed by atoms with E-state index in [2.05, 4.69) is 5.32 Å². The predicted molar refractivity (Wildman–Crippen MR) is 105 cm³/mol. The molecule has 1 heterocycles. The number of carbonyl (C=O) groups excluding carboxylic acids is 1. The van der Waals surface area contributed by atoms with Gasteiger partial charge >= 0.3 is 0 Å². The first-order chi connectivity index (χ1) is 12.8. The standard InChI is InChI=1S/C19H21ClN2O4S/c1-13-11-22(12-14(2)26-13)27(24,25)18-10-15(8-9-17(18)20)19(23)21-16-6-4-3-5-7-16/h3-10,13-14H,11-12H2,1-2H3,(H,21,23). The van der Waals surface area contributed by atoms with Crippen molar-refractivity contribution in [1.82, 2.24) is 4.31 Å². The van der Waals surface area contributed by atoms with E-state index in [4.69, 9.17) is 16.3 Å². The number of halogens is 1. The average Bonchev–Trinajstić information content (AvgIpc) is 2.62. The van der Waals surface area contributed by atoms with Gasteiger partial charge in [0.2, 0.25) is 10.0 Å². The quantitative estimate of drug-likeness (QED) is 0.841. The fourth-order valence-corrected chi connectivity index (χ4v) is 5.12. The summed E-state index contributed by atoms with van der Waals surface area (Å²) < 4.78 is 33.1. The highest BCUT2D eigenvalue weighted by atomic mass is 35.5. The van der Waals surface area contributed by atoms with Gasteiger partial charge in [0.15, 0.2) is 0 Å². The van der Waals surface area contributed by atoms with Crippen molar-refractivity contribution in [3.63, 3.8) is 0 Å². The van der Waals surface area contributed by atoms with E-state index in [0.29, 0.717) is 5.69 Å². The minimum atomic E-state index is -3.85. The maximum absolute atomic E-state index is 13.1. The van der Waals surface area contributed by atoms with Crippen LogP contribution in [0.1, 0.15) is 24.2 Å². The van der Waals surface area contributed by atoms with E-state index in [1.165, 1.54) is 22.5 Å². The number of rotatable bonds is 4. The molecule has 0 aromatic heterocycles. The smallest absolute Gasteiger partial charge is 0.255 e. The number of nitrogens with zero attached hydrogens (tertiary/aromatic N) is 1. The first-order valence-electron chi connectivity index (χ1n) is 8.59. The highest BCUT2D eigenvalue weighted by Crippen LogP contribution is 2.28. The van der Waals surface area contributed by atoms with Gasteiger partial charge in [0.1, 0.15) is 4.90 Å². The molecule has 1 fully saturated rings. The van der Waals surface area contributed by atoms with E-state index in [1.54, 1.807) is 24.3 Å². The van der Waals surface area contributed by atoms with Crippen molar-refractivity contribution in [2.75, 3.05) is 18.4 Å². The van der Waals surface area contributed by atoms with Crippen LogP contribution >= 0.6 is 11.6 Å². The number of ether oxygens (including phenoxy) is 1. The van der Waals surface area contributed by atoms with Crippen molar-refractivity contribution < 1.29 is 17.9 Å². The first-order valence-corrected chi connectivity index (χ1v) is 10.4. The van der Waals surface area contributed by atoms with Gasteiger partial charge in [-0.25, -0.2) is 8.42 Å². The lowest BCUT2D eigenvalue weighted by Gasteiger charge is -2.34. The Hall–Kier alpha value is -1.93. The predicted octanol–water partition coefficient (Wildman–Crippen LogP) is 3.39. The number of benzene rings is 2. The van der Waals surface area contributed by atoms with Crippen LogP contribution in [0.5, 0.6) is 0 Å². The Morgan fingerprint density at radius 3 is 2.37 bits per heavy atom. The van der Waals surface area contributed by atoms with Crippen LogP contribution < -0.4 is 5.32 Å². The molecular formula is C19H21ClN2O4S. The number of carbonyl (C=O) groups is 1. The number of amides is 1. The lowest BCUT2D eigenvalue weighted by Crippen LogP contribution is -2.48. The summed E-state index contributed by atoms with van der Waals surface area (Å²) >= 11 is 6.17. The topological polar surface area (TPSA) is 75.7 Å². The van der Waals surface area contributed by atoms with E-state index < -0.39 is 15.9 Å². The fraction of sp³-hybridized carbons (Fsp3) is 0.316. The molecule has 1 amide bonds. The van der Waals surface area contributed by atoms with Crippen LogP contribution in [0.25, 0.3) is 0 Å². The van der Waals surface area contributed by atoms with Crippen LogP contribution in [0.15, 0.2) is 53.4 Å². The monoisotopic (exact) mass is 408 g/mol. The number of hydrogen-bond donors (Lipinski definition) is 1. The second-order valence-corrected chi connectivity index (χ2v) is 8.86. The number of anilines is 1. The summed E-state index contributed by atoms with van der Waals surface area (Å²) in [5.41, 5.74) is 0.842. The molecular weight excluding hydrogens is 388 g/mol. The largest absolute Gasteiger partial charge is 0.373 e. The van der Waals surface area contributed by atoms with Crippen LogP contribution in [0.4, 0.5) is 5.69 Å². The van der Waals surface area contributed by atoms with Gasteiger partial charge in [-0.05, 0) is 44.2 Å². The molecule has 3 rings (SSSR count). The summed E-state index contributed by atoms with van der Waals surface area (Å²) in [5.74, 6) is -0.405. The van der Waals surface area contributed by atoms with Crippen molar-refractivity contribution in [3.05, 3.63) is 59.1 Å². The lowest BCUT2D eigenvalue weighted by molar-refractivity contribution is -0.0440. The Morgan fingerprint density at radius 1 is 1.11 bits per heavy atom. The highest BCUT2D eigenvalue weighted by Gasteiger charge is 2.33. The molecule has 0 radical (unpaired) electrons. The molecule has 2 unspecified atom stereocenters. The minimum absolute atomic E-state index is 0.0776. The maximum Gasteiger partial charge on any atom is 0.255 e.